The lowest BCUT2D eigenvalue weighted by Gasteiger charge is -2.13. The molecule has 0 fully saturated rings. The predicted octanol–water partition coefficient (Wildman–Crippen LogP) is 2.08. The van der Waals surface area contributed by atoms with E-state index in [1.54, 1.807) is 13.8 Å². The third-order valence-corrected chi connectivity index (χ3v) is 2.15. The lowest BCUT2D eigenvalue weighted by Crippen LogP contribution is -2.31. The van der Waals surface area contributed by atoms with Gasteiger partial charge in [0.25, 0.3) is 0 Å². The average molecular weight is 260 g/mol. The van der Waals surface area contributed by atoms with Crippen molar-refractivity contribution in [1.82, 2.24) is 10.2 Å². The summed E-state index contributed by atoms with van der Waals surface area (Å²) in [7, 11) is 0. The number of H-pyrrole nitrogens is 1. The zero-order valence-corrected chi connectivity index (χ0v) is 10.1. The molecule has 0 radical (unpaired) electrons. The van der Waals surface area contributed by atoms with Gasteiger partial charge in [0.1, 0.15) is 0 Å². The number of carbonyl (C=O) groups is 1. The number of amides is 1. The van der Waals surface area contributed by atoms with Gasteiger partial charge in [0.15, 0.2) is 5.82 Å². The lowest BCUT2D eigenvalue weighted by molar-refractivity contribution is -0.117. The molecule has 0 saturated carbocycles. The predicted molar refractivity (Wildman–Crippen MR) is 59.6 cm³/mol. The van der Waals surface area contributed by atoms with Crippen LogP contribution in [-0.2, 0) is 11.2 Å². The fraction of sp³-hybridized carbons (Fsp3) is 0.556. The summed E-state index contributed by atoms with van der Waals surface area (Å²) < 4.78 is -0.571. The van der Waals surface area contributed by atoms with E-state index in [9.17, 15) is 4.79 Å². The van der Waals surface area contributed by atoms with Gasteiger partial charge in [0.05, 0.1) is 4.32 Å². The highest BCUT2D eigenvalue weighted by molar-refractivity contribution is 9.10. The normalized spacial score (nSPS) is 11.4. The first-order chi connectivity index (χ1) is 6.43. The first-order valence-electron chi connectivity index (χ1n) is 4.48. The highest BCUT2D eigenvalue weighted by atomic mass is 79.9. The molecule has 1 rings (SSSR count). The Bertz CT molecular complexity index is 327. The van der Waals surface area contributed by atoms with Crippen molar-refractivity contribution >= 4 is 27.7 Å². The Morgan fingerprint density at radius 3 is 2.79 bits per heavy atom. The number of hydrogen-bond acceptors (Lipinski definition) is 2. The van der Waals surface area contributed by atoms with E-state index in [-0.39, 0.29) is 5.91 Å². The van der Waals surface area contributed by atoms with Gasteiger partial charge in [0, 0.05) is 11.8 Å². The molecule has 0 aliphatic rings. The van der Waals surface area contributed by atoms with Gasteiger partial charge >= 0.3 is 0 Å². The Balaban J connectivity index is 2.65. The minimum Gasteiger partial charge on any atom is -0.308 e. The summed E-state index contributed by atoms with van der Waals surface area (Å²) >= 11 is 3.28. The number of anilines is 1. The lowest BCUT2D eigenvalue weighted by atomic mass is 10.2. The molecule has 1 amide bonds. The molecule has 1 aromatic heterocycles. The first kappa shape index (κ1) is 11.2. The Morgan fingerprint density at radius 2 is 2.36 bits per heavy atom. The van der Waals surface area contributed by atoms with Crippen LogP contribution in [0.3, 0.4) is 0 Å². The molecular formula is C9H14BrN3O. The van der Waals surface area contributed by atoms with Gasteiger partial charge in [-0.05, 0) is 20.3 Å². The summed E-state index contributed by atoms with van der Waals surface area (Å²) in [5.41, 5.74) is 1.01. The fourth-order valence-corrected chi connectivity index (χ4v) is 0.971. The molecule has 0 atom stereocenters. The number of aromatic nitrogens is 2. The third-order valence-electron chi connectivity index (χ3n) is 1.79. The standard InChI is InChI=1S/C9H14BrN3O/c1-4-6-5-7(13-12-6)11-8(14)9(2,3)10/h5H,4H2,1-3H3,(H2,11,12,13,14). The van der Waals surface area contributed by atoms with E-state index in [0.29, 0.717) is 5.82 Å². The van der Waals surface area contributed by atoms with Crippen molar-refractivity contribution < 1.29 is 4.79 Å². The maximum atomic E-state index is 11.5. The second-order valence-corrected chi connectivity index (χ2v) is 5.54. The number of aromatic amines is 1. The summed E-state index contributed by atoms with van der Waals surface area (Å²) in [5, 5.41) is 9.50. The van der Waals surface area contributed by atoms with Crippen molar-refractivity contribution in [2.75, 3.05) is 5.32 Å². The number of rotatable bonds is 3. The summed E-state index contributed by atoms with van der Waals surface area (Å²) in [5.74, 6) is 0.464. The largest absolute Gasteiger partial charge is 0.308 e. The second-order valence-electron chi connectivity index (χ2n) is 3.56. The minimum absolute atomic E-state index is 0.105. The van der Waals surface area contributed by atoms with Gasteiger partial charge in [-0.25, -0.2) is 0 Å². The van der Waals surface area contributed by atoms with Gasteiger partial charge in [-0.15, -0.1) is 0 Å². The van der Waals surface area contributed by atoms with Crippen molar-refractivity contribution in [3.05, 3.63) is 11.8 Å². The number of halogens is 1. The fourth-order valence-electron chi connectivity index (χ4n) is 0.872. The number of alkyl halides is 1. The molecule has 78 valence electrons. The van der Waals surface area contributed by atoms with Crippen LogP contribution in [0.2, 0.25) is 0 Å². The van der Waals surface area contributed by atoms with E-state index in [0.717, 1.165) is 12.1 Å². The van der Waals surface area contributed by atoms with Crippen molar-refractivity contribution in [3.63, 3.8) is 0 Å². The molecule has 0 aliphatic carbocycles. The van der Waals surface area contributed by atoms with E-state index >= 15 is 0 Å². The molecule has 0 aromatic carbocycles. The number of aryl methyl sites for hydroxylation is 1. The Labute approximate surface area is 91.6 Å². The molecular weight excluding hydrogens is 246 g/mol. The summed E-state index contributed by atoms with van der Waals surface area (Å²) in [6.07, 6.45) is 0.876. The zero-order chi connectivity index (χ0) is 10.8. The summed E-state index contributed by atoms with van der Waals surface area (Å²) in [6.45, 7) is 5.60. The van der Waals surface area contributed by atoms with Crippen LogP contribution in [0.25, 0.3) is 0 Å². The van der Waals surface area contributed by atoms with E-state index in [1.807, 2.05) is 13.0 Å². The summed E-state index contributed by atoms with van der Waals surface area (Å²) in [6, 6.07) is 1.83. The molecule has 0 bridgehead atoms. The van der Waals surface area contributed by atoms with E-state index in [1.165, 1.54) is 0 Å². The van der Waals surface area contributed by atoms with Gasteiger partial charge in [-0.3, -0.25) is 9.89 Å². The molecule has 14 heavy (non-hydrogen) atoms. The molecule has 0 unspecified atom stereocenters. The van der Waals surface area contributed by atoms with Crippen molar-refractivity contribution in [3.8, 4) is 0 Å². The molecule has 4 nitrogen and oxygen atoms in total. The smallest absolute Gasteiger partial charge is 0.241 e. The highest BCUT2D eigenvalue weighted by Gasteiger charge is 2.24. The van der Waals surface area contributed by atoms with Gasteiger partial charge in [0.2, 0.25) is 5.91 Å². The minimum atomic E-state index is -0.571. The van der Waals surface area contributed by atoms with Crippen LogP contribution in [0.5, 0.6) is 0 Å². The molecule has 2 N–H and O–H groups in total. The van der Waals surface area contributed by atoms with Crippen molar-refractivity contribution in [2.45, 2.75) is 31.5 Å². The van der Waals surface area contributed by atoms with Gasteiger partial charge in [-0.1, -0.05) is 22.9 Å². The van der Waals surface area contributed by atoms with Crippen LogP contribution in [0.4, 0.5) is 5.82 Å². The van der Waals surface area contributed by atoms with E-state index < -0.39 is 4.32 Å². The zero-order valence-electron chi connectivity index (χ0n) is 8.52. The summed E-state index contributed by atoms with van der Waals surface area (Å²) in [4.78, 5) is 11.5. The topological polar surface area (TPSA) is 57.8 Å². The maximum absolute atomic E-state index is 11.5. The molecule has 1 heterocycles. The van der Waals surface area contributed by atoms with Crippen LogP contribution in [0.1, 0.15) is 26.5 Å². The number of nitrogens with one attached hydrogen (secondary N) is 2. The van der Waals surface area contributed by atoms with Crippen LogP contribution in [-0.4, -0.2) is 20.4 Å². The quantitative estimate of drug-likeness (QED) is 0.817. The average Bonchev–Trinajstić information content (AvgIpc) is 2.50. The highest BCUT2D eigenvalue weighted by Crippen LogP contribution is 2.18. The van der Waals surface area contributed by atoms with Crippen molar-refractivity contribution in [2.24, 2.45) is 0 Å². The van der Waals surface area contributed by atoms with Gasteiger partial charge < -0.3 is 5.32 Å². The third kappa shape index (κ3) is 2.83. The molecule has 5 heteroatoms. The SMILES string of the molecule is CCc1cc(NC(=O)C(C)(C)Br)n[nH]1. The number of hydrogen-bond donors (Lipinski definition) is 2. The second kappa shape index (κ2) is 4.13. The molecule has 0 spiro atoms. The first-order valence-corrected chi connectivity index (χ1v) is 5.27. The van der Waals surface area contributed by atoms with Crippen LogP contribution in [0.15, 0.2) is 6.07 Å². The van der Waals surface area contributed by atoms with E-state index in [2.05, 4.69) is 31.4 Å². The monoisotopic (exact) mass is 259 g/mol. The number of nitrogens with zero attached hydrogens (tertiary/aromatic N) is 1. The van der Waals surface area contributed by atoms with Crippen molar-refractivity contribution in [1.29, 1.82) is 0 Å². The van der Waals surface area contributed by atoms with Crippen LogP contribution >= 0.6 is 15.9 Å². The van der Waals surface area contributed by atoms with Crippen LogP contribution < -0.4 is 5.32 Å². The van der Waals surface area contributed by atoms with E-state index in [4.69, 9.17) is 0 Å². The van der Waals surface area contributed by atoms with Gasteiger partial charge in [-0.2, -0.15) is 5.10 Å². The molecule has 0 aliphatic heterocycles. The Kier molecular flexibility index (Phi) is 3.31. The number of carbonyl (C=O) groups excluding carboxylic acids is 1. The molecule has 1 aromatic rings. The molecule has 0 saturated heterocycles. The van der Waals surface area contributed by atoms with Crippen LogP contribution in [0, 0.1) is 0 Å². The Morgan fingerprint density at radius 1 is 1.71 bits per heavy atom. The maximum Gasteiger partial charge on any atom is 0.241 e. The Hall–Kier alpha value is -0.840.